The molecule has 1 aliphatic carbocycles. The Hall–Kier alpha value is -1.08. The molecule has 1 heterocycles. The van der Waals surface area contributed by atoms with E-state index in [1.165, 1.54) is 0 Å². The molecule has 19 heavy (non-hydrogen) atoms. The molecular formula is C12H18F2N2O3. The molecule has 1 atom stereocenters. The predicted octanol–water partition coefficient (Wildman–Crippen LogP) is 2.04. The third-order valence-corrected chi connectivity index (χ3v) is 3.60. The van der Waals surface area contributed by atoms with Crippen LogP contribution >= 0.6 is 0 Å². The van der Waals surface area contributed by atoms with Gasteiger partial charge in [-0.25, -0.2) is 8.78 Å². The van der Waals surface area contributed by atoms with Gasteiger partial charge in [-0.15, -0.1) is 0 Å². The van der Waals surface area contributed by atoms with Gasteiger partial charge in [0.1, 0.15) is 11.7 Å². The third kappa shape index (κ3) is 3.09. The first-order chi connectivity index (χ1) is 9.07. The van der Waals surface area contributed by atoms with Crippen LogP contribution < -0.4 is 0 Å². The highest BCUT2D eigenvalue weighted by Gasteiger charge is 2.38. The fraction of sp³-hybridized carbons (Fsp3) is 0.833. The van der Waals surface area contributed by atoms with Crippen LogP contribution in [0.4, 0.5) is 8.78 Å². The van der Waals surface area contributed by atoms with Crippen molar-refractivity contribution in [2.24, 2.45) is 0 Å². The van der Waals surface area contributed by atoms with Gasteiger partial charge >= 0.3 is 0 Å². The second kappa shape index (κ2) is 5.92. The summed E-state index contributed by atoms with van der Waals surface area (Å²) in [7, 11) is 1.59. The summed E-state index contributed by atoms with van der Waals surface area (Å²) < 4.78 is 35.0. The van der Waals surface area contributed by atoms with Crippen LogP contribution in [0, 0.1) is 0 Å². The van der Waals surface area contributed by atoms with Crippen molar-refractivity contribution in [3.63, 3.8) is 0 Å². The highest BCUT2D eigenvalue weighted by molar-refractivity contribution is 5.03. The summed E-state index contributed by atoms with van der Waals surface area (Å²) in [5.74, 6) is 0.413. The van der Waals surface area contributed by atoms with Gasteiger partial charge in [-0.1, -0.05) is 24.4 Å². The zero-order valence-electron chi connectivity index (χ0n) is 10.8. The second-order valence-electron chi connectivity index (χ2n) is 4.88. The number of ether oxygens (including phenoxy) is 1. The molecule has 0 bridgehead atoms. The molecule has 2 rings (SSSR count). The molecule has 0 amide bonds. The maximum Gasteiger partial charge on any atom is 0.264 e. The molecule has 1 aromatic heterocycles. The number of rotatable bonds is 5. The van der Waals surface area contributed by atoms with Crippen molar-refractivity contribution in [2.75, 3.05) is 7.11 Å². The topological polar surface area (TPSA) is 68.4 Å². The average molecular weight is 276 g/mol. The molecule has 0 saturated heterocycles. The number of hydrogen-bond donors (Lipinski definition) is 1. The standard InChI is InChI=1S/C12H18F2N2O3/c1-18-12(5-3-2-4-6-12)11-15-9(19-16-11)7-8(17)10(13)14/h8,10,17H,2-7H2,1H3. The molecule has 0 radical (unpaired) electrons. The Labute approximate surface area is 109 Å². The van der Waals surface area contributed by atoms with E-state index in [1.54, 1.807) is 7.11 Å². The number of aromatic nitrogens is 2. The Balaban J connectivity index is 2.10. The van der Waals surface area contributed by atoms with E-state index in [4.69, 9.17) is 14.4 Å². The first-order valence-corrected chi connectivity index (χ1v) is 6.42. The van der Waals surface area contributed by atoms with Crippen molar-refractivity contribution >= 4 is 0 Å². The highest BCUT2D eigenvalue weighted by atomic mass is 19.3. The predicted molar refractivity (Wildman–Crippen MR) is 61.8 cm³/mol. The van der Waals surface area contributed by atoms with E-state index >= 15 is 0 Å². The molecule has 108 valence electrons. The van der Waals surface area contributed by atoms with Crippen LogP contribution in [0.3, 0.4) is 0 Å². The van der Waals surface area contributed by atoms with Gasteiger partial charge in [-0.3, -0.25) is 0 Å². The number of halogens is 2. The summed E-state index contributed by atoms with van der Waals surface area (Å²) in [4.78, 5) is 4.10. The normalized spacial score (nSPS) is 20.7. The van der Waals surface area contributed by atoms with Crippen molar-refractivity contribution in [3.05, 3.63) is 11.7 Å². The first kappa shape index (κ1) is 14.3. The Morgan fingerprint density at radius 1 is 1.37 bits per heavy atom. The van der Waals surface area contributed by atoms with Crippen molar-refractivity contribution in [1.29, 1.82) is 0 Å². The summed E-state index contributed by atoms with van der Waals surface area (Å²) >= 11 is 0. The summed E-state index contributed by atoms with van der Waals surface area (Å²) in [6.07, 6.45) is -0.196. The summed E-state index contributed by atoms with van der Waals surface area (Å²) in [5, 5.41) is 12.9. The maximum absolute atomic E-state index is 12.3. The number of methoxy groups -OCH3 is 1. The number of nitrogens with zero attached hydrogens (tertiary/aromatic N) is 2. The number of hydrogen-bond acceptors (Lipinski definition) is 5. The van der Waals surface area contributed by atoms with E-state index in [0.717, 1.165) is 32.1 Å². The van der Waals surface area contributed by atoms with E-state index in [-0.39, 0.29) is 12.3 Å². The van der Waals surface area contributed by atoms with Crippen LogP contribution in [-0.2, 0) is 16.8 Å². The molecule has 1 aliphatic rings. The molecule has 0 aliphatic heterocycles. The van der Waals surface area contributed by atoms with Gasteiger partial charge in [-0.2, -0.15) is 4.98 Å². The molecule has 0 spiro atoms. The minimum absolute atomic E-state index is 0.0183. The van der Waals surface area contributed by atoms with Gasteiger partial charge in [-0.05, 0) is 12.8 Å². The SMILES string of the molecule is COC1(c2noc(CC(O)C(F)F)n2)CCCCC1. The zero-order valence-corrected chi connectivity index (χ0v) is 10.8. The molecule has 1 saturated carbocycles. The Morgan fingerprint density at radius 3 is 2.63 bits per heavy atom. The lowest BCUT2D eigenvalue weighted by molar-refractivity contribution is -0.0527. The number of aliphatic hydroxyl groups excluding tert-OH is 1. The van der Waals surface area contributed by atoms with Gasteiger partial charge in [0.2, 0.25) is 11.7 Å². The molecule has 0 aromatic carbocycles. The van der Waals surface area contributed by atoms with Crippen molar-refractivity contribution in [2.45, 2.75) is 56.7 Å². The lowest BCUT2D eigenvalue weighted by Gasteiger charge is -2.32. The summed E-state index contributed by atoms with van der Waals surface area (Å²) in [6, 6.07) is 0. The second-order valence-corrected chi connectivity index (χ2v) is 4.88. The van der Waals surface area contributed by atoms with E-state index in [2.05, 4.69) is 10.1 Å². The molecule has 1 aromatic rings. The lowest BCUT2D eigenvalue weighted by Crippen LogP contribution is -2.32. The van der Waals surface area contributed by atoms with Gasteiger partial charge in [0.25, 0.3) is 6.43 Å². The van der Waals surface area contributed by atoms with Crippen LogP contribution in [-0.4, -0.2) is 34.9 Å². The van der Waals surface area contributed by atoms with E-state index in [0.29, 0.717) is 5.82 Å². The van der Waals surface area contributed by atoms with Crippen LogP contribution in [0.1, 0.15) is 43.8 Å². The molecule has 1 unspecified atom stereocenters. The van der Waals surface area contributed by atoms with Gasteiger partial charge in [0.05, 0.1) is 6.42 Å². The fourth-order valence-corrected chi connectivity index (χ4v) is 2.43. The van der Waals surface area contributed by atoms with Crippen LogP contribution in [0.15, 0.2) is 4.52 Å². The van der Waals surface area contributed by atoms with Gasteiger partial charge in [0, 0.05) is 7.11 Å². The van der Waals surface area contributed by atoms with Crippen LogP contribution in [0.5, 0.6) is 0 Å². The molecule has 7 heteroatoms. The fourth-order valence-electron chi connectivity index (χ4n) is 2.43. The molecule has 1 fully saturated rings. The van der Waals surface area contributed by atoms with E-state index in [1.807, 2.05) is 0 Å². The molecule has 5 nitrogen and oxygen atoms in total. The third-order valence-electron chi connectivity index (χ3n) is 3.60. The van der Waals surface area contributed by atoms with Crippen molar-refractivity contribution in [1.82, 2.24) is 10.1 Å². The minimum Gasteiger partial charge on any atom is -0.387 e. The monoisotopic (exact) mass is 276 g/mol. The summed E-state index contributed by atoms with van der Waals surface area (Å²) in [6.45, 7) is 0. The van der Waals surface area contributed by atoms with Crippen molar-refractivity contribution in [3.8, 4) is 0 Å². The largest absolute Gasteiger partial charge is 0.387 e. The van der Waals surface area contributed by atoms with Gasteiger partial charge < -0.3 is 14.4 Å². The summed E-state index contributed by atoms with van der Waals surface area (Å²) in [5.41, 5.74) is -0.574. The Bertz CT molecular complexity index is 405. The maximum atomic E-state index is 12.3. The van der Waals surface area contributed by atoms with Crippen LogP contribution in [0.2, 0.25) is 0 Å². The molecular weight excluding hydrogens is 258 g/mol. The van der Waals surface area contributed by atoms with E-state index < -0.39 is 18.1 Å². The zero-order chi connectivity index (χ0) is 13.9. The smallest absolute Gasteiger partial charge is 0.264 e. The van der Waals surface area contributed by atoms with E-state index in [9.17, 15) is 8.78 Å². The highest BCUT2D eigenvalue weighted by Crippen LogP contribution is 2.38. The number of aliphatic hydroxyl groups is 1. The minimum atomic E-state index is -2.82. The Kier molecular flexibility index (Phi) is 4.46. The average Bonchev–Trinajstić information content (AvgIpc) is 2.88. The molecule has 1 N–H and O–H groups in total. The van der Waals surface area contributed by atoms with Crippen LogP contribution in [0.25, 0.3) is 0 Å². The first-order valence-electron chi connectivity index (χ1n) is 6.42. The van der Waals surface area contributed by atoms with Gasteiger partial charge in [0.15, 0.2) is 0 Å². The quantitative estimate of drug-likeness (QED) is 0.891. The Morgan fingerprint density at radius 2 is 2.05 bits per heavy atom. The number of alkyl halides is 2. The van der Waals surface area contributed by atoms with Crippen molar-refractivity contribution < 1.29 is 23.1 Å². The lowest BCUT2D eigenvalue weighted by atomic mass is 9.84.